The highest BCUT2D eigenvalue weighted by molar-refractivity contribution is 5.94. The summed E-state index contributed by atoms with van der Waals surface area (Å²) in [6, 6.07) is 8.58. The average molecular weight is 362 g/mol. The number of aromatic nitrogens is 3. The highest BCUT2D eigenvalue weighted by Gasteiger charge is 2.39. The molecule has 8 heteroatoms. The van der Waals surface area contributed by atoms with Gasteiger partial charge in [-0.2, -0.15) is 13.2 Å². The summed E-state index contributed by atoms with van der Waals surface area (Å²) in [5, 5.41) is 2.59. The van der Waals surface area contributed by atoms with E-state index in [0.717, 1.165) is 10.1 Å². The maximum absolute atomic E-state index is 13.4. The van der Waals surface area contributed by atoms with Crippen molar-refractivity contribution >= 4 is 22.8 Å². The molecule has 5 nitrogen and oxygen atoms in total. The average Bonchev–Trinajstić information content (AvgIpc) is 2.92. The predicted octanol–water partition coefficient (Wildman–Crippen LogP) is 4.27. The summed E-state index contributed by atoms with van der Waals surface area (Å²) < 4.78 is 41.2. The number of hydrogen-bond donors (Lipinski definition) is 1. The number of amides is 1. The zero-order valence-electron chi connectivity index (χ0n) is 14.4. The van der Waals surface area contributed by atoms with Crippen molar-refractivity contribution in [2.24, 2.45) is 0 Å². The monoisotopic (exact) mass is 362 g/mol. The first kappa shape index (κ1) is 17.9. The number of anilines is 1. The van der Waals surface area contributed by atoms with Crippen LogP contribution in [0.1, 0.15) is 30.0 Å². The molecule has 2 aromatic heterocycles. The van der Waals surface area contributed by atoms with Crippen LogP contribution in [0.4, 0.5) is 19.0 Å². The first-order valence-electron chi connectivity index (χ1n) is 7.97. The minimum absolute atomic E-state index is 0.184. The fourth-order valence-corrected chi connectivity index (χ4v) is 2.89. The first-order valence-corrected chi connectivity index (χ1v) is 7.97. The second-order valence-corrected chi connectivity index (χ2v) is 6.13. The van der Waals surface area contributed by atoms with Crippen molar-refractivity contribution in [3.8, 4) is 0 Å². The van der Waals surface area contributed by atoms with Crippen LogP contribution >= 0.6 is 0 Å². The van der Waals surface area contributed by atoms with E-state index < -0.39 is 23.9 Å². The molecular weight excluding hydrogens is 345 g/mol. The fraction of sp³-hybridized carbons (Fsp3) is 0.278. The minimum atomic E-state index is -4.67. The Balaban J connectivity index is 2.01. The Labute approximate surface area is 147 Å². The van der Waals surface area contributed by atoms with Gasteiger partial charge in [0.2, 0.25) is 11.7 Å². The number of carbonyl (C=O) groups is 1. The topological polar surface area (TPSA) is 59.8 Å². The van der Waals surface area contributed by atoms with Gasteiger partial charge in [0.25, 0.3) is 0 Å². The van der Waals surface area contributed by atoms with E-state index in [9.17, 15) is 18.0 Å². The molecule has 0 spiro atoms. The number of nitrogens with one attached hydrogen (secondary N) is 1. The first-order chi connectivity index (χ1) is 12.2. The lowest BCUT2D eigenvalue weighted by Crippen LogP contribution is -2.27. The van der Waals surface area contributed by atoms with Crippen LogP contribution in [0.15, 0.2) is 36.4 Å². The summed E-state index contributed by atoms with van der Waals surface area (Å²) in [5.74, 6) is -1.40. The van der Waals surface area contributed by atoms with E-state index in [4.69, 9.17) is 0 Å². The zero-order chi connectivity index (χ0) is 19.1. The van der Waals surface area contributed by atoms with Crippen LogP contribution in [0, 0.1) is 13.8 Å². The molecule has 2 heterocycles. The lowest BCUT2D eigenvalue weighted by Gasteiger charge is -2.18. The molecule has 26 heavy (non-hydrogen) atoms. The number of nitrogens with zero attached hydrogens (tertiary/aromatic N) is 3. The second-order valence-electron chi connectivity index (χ2n) is 6.13. The van der Waals surface area contributed by atoms with Crippen molar-refractivity contribution < 1.29 is 18.0 Å². The van der Waals surface area contributed by atoms with Gasteiger partial charge in [-0.25, -0.2) is 9.97 Å². The van der Waals surface area contributed by atoms with Crippen molar-refractivity contribution in [1.82, 2.24) is 14.5 Å². The molecule has 0 aliphatic heterocycles. The van der Waals surface area contributed by atoms with Crippen molar-refractivity contribution in [2.45, 2.75) is 33.0 Å². The molecule has 0 radical (unpaired) electrons. The highest BCUT2D eigenvalue weighted by Crippen LogP contribution is 2.34. The fourth-order valence-electron chi connectivity index (χ4n) is 2.89. The number of rotatable bonds is 3. The number of fused-ring (bicyclic) bond motifs is 1. The Hall–Kier alpha value is -2.90. The number of carbonyl (C=O) groups excluding carboxylic acids is 1. The van der Waals surface area contributed by atoms with Gasteiger partial charge in [-0.1, -0.05) is 12.1 Å². The molecule has 0 bridgehead atoms. The van der Waals surface area contributed by atoms with E-state index in [1.807, 2.05) is 13.0 Å². The molecule has 1 amide bonds. The molecule has 136 valence electrons. The summed E-state index contributed by atoms with van der Waals surface area (Å²) >= 11 is 0. The number of para-hydroxylation sites is 2. The molecule has 3 rings (SSSR count). The Bertz CT molecular complexity index is 958. The van der Waals surface area contributed by atoms with E-state index in [1.165, 1.54) is 19.1 Å². The second kappa shape index (κ2) is 6.44. The Kier molecular flexibility index (Phi) is 4.43. The van der Waals surface area contributed by atoms with Gasteiger partial charge in [0.15, 0.2) is 0 Å². The number of halogens is 3. The Morgan fingerprint density at radius 3 is 2.50 bits per heavy atom. The number of alkyl halides is 3. The molecule has 0 fully saturated rings. The molecule has 0 aliphatic carbocycles. The van der Waals surface area contributed by atoms with E-state index in [0.29, 0.717) is 11.5 Å². The summed E-state index contributed by atoms with van der Waals surface area (Å²) in [7, 11) is 0. The summed E-state index contributed by atoms with van der Waals surface area (Å²) in [6.45, 7) is 5.03. The van der Waals surface area contributed by atoms with Gasteiger partial charge in [-0.15, -0.1) is 0 Å². The molecule has 0 saturated carbocycles. The lowest BCUT2D eigenvalue weighted by atomic mass is 10.2. The maximum Gasteiger partial charge on any atom is 0.449 e. The van der Waals surface area contributed by atoms with Gasteiger partial charge >= 0.3 is 6.18 Å². The van der Waals surface area contributed by atoms with Crippen LogP contribution in [0.2, 0.25) is 0 Å². The van der Waals surface area contributed by atoms with Gasteiger partial charge in [-0.3, -0.25) is 4.79 Å². The van der Waals surface area contributed by atoms with E-state index in [-0.39, 0.29) is 11.0 Å². The van der Waals surface area contributed by atoms with E-state index in [2.05, 4.69) is 15.3 Å². The van der Waals surface area contributed by atoms with Crippen molar-refractivity contribution in [3.05, 3.63) is 53.5 Å². The van der Waals surface area contributed by atoms with Crippen LogP contribution in [-0.2, 0) is 11.0 Å². The molecule has 3 aromatic rings. The zero-order valence-corrected chi connectivity index (χ0v) is 14.4. The third-order valence-electron chi connectivity index (χ3n) is 3.97. The van der Waals surface area contributed by atoms with Gasteiger partial charge in [0.1, 0.15) is 11.9 Å². The number of pyridine rings is 1. The summed E-state index contributed by atoms with van der Waals surface area (Å²) in [4.78, 5) is 20.4. The van der Waals surface area contributed by atoms with Gasteiger partial charge < -0.3 is 9.88 Å². The Morgan fingerprint density at radius 1 is 1.15 bits per heavy atom. The molecule has 1 aromatic carbocycles. The quantitative estimate of drug-likeness (QED) is 0.757. The molecule has 0 unspecified atom stereocenters. The van der Waals surface area contributed by atoms with E-state index >= 15 is 0 Å². The smallest absolute Gasteiger partial charge is 0.309 e. The SMILES string of the molecule is Cc1cc(C)nc(NC(=O)[C@H](C)n2c(C(F)(F)F)nc3ccccc32)c1. The predicted molar refractivity (Wildman–Crippen MR) is 91.8 cm³/mol. The minimum Gasteiger partial charge on any atom is -0.309 e. The molecule has 1 atom stereocenters. The third kappa shape index (κ3) is 3.40. The third-order valence-corrected chi connectivity index (χ3v) is 3.97. The van der Waals surface area contributed by atoms with Crippen LogP contribution in [0.5, 0.6) is 0 Å². The van der Waals surface area contributed by atoms with Crippen LogP contribution in [0.25, 0.3) is 11.0 Å². The largest absolute Gasteiger partial charge is 0.449 e. The number of benzene rings is 1. The number of hydrogen-bond acceptors (Lipinski definition) is 3. The lowest BCUT2D eigenvalue weighted by molar-refractivity contribution is -0.148. The normalized spacial score (nSPS) is 13.0. The van der Waals surface area contributed by atoms with Gasteiger partial charge in [-0.05, 0) is 50.6 Å². The van der Waals surface area contributed by atoms with Gasteiger partial charge in [0.05, 0.1) is 11.0 Å². The van der Waals surface area contributed by atoms with Crippen LogP contribution in [-0.4, -0.2) is 20.4 Å². The summed E-state index contributed by atoms with van der Waals surface area (Å²) in [5.41, 5.74) is 2.03. The van der Waals surface area contributed by atoms with Gasteiger partial charge in [0, 0.05) is 5.69 Å². The van der Waals surface area contributed by atoms with Crippen molar-refractivity contribution in [3.63, 3.8) is 0 Å². The summed E-state index contributed by atoms with van der Waals surface area (Å²) in [6.07, 6.45) is -4.67. The molecule has 0 aliphatic rings. The Morgan fingerprint density at radius 2 is 1.85 bits per heavy atom. The molecule has 0 saturated heterocycles. The maximum atomic E-state index is 13.4. The highest BCUT2D eigenvalue weighted by atomic mass is 19.4. The number of aryl methyl sites for hydroxylation is 2. The van der Waals surface area contributed by atoms with Crippen LogP contribution < -0.4 is 5.32 Å². The van der Waals surface area contributed by atoms with Crippen molar-refractivity contribution in [2.75, 3.05) is 5.32 Å². The van der Waals surface area contributed by atoms with E-state index in [1.54, 1.807) is 25.1 Å². The van der Waals surface area contributed by atoms with Crippen molar-refractivity contribution in [1.29, 1.82) is 0 Å². The molecule has 1 N–H and O–H groups in total. The number of imidazole rings is 1. The van der Waals surface area contributed by atoms with Crippen LogP contribution in [0.3, 0.4) is 0 Å². The standard InChI is InChI=1S/C18H17F3N4O/c1-10-8-11(2)22-15(9-10)24-16(26)12(3)25-14-7-5-4-6-13(14)23-17(25)18(19,20)21/h4-9,12H,1-3H3,(H,22,24,26)/t12-/m0/s1. The molecular formula is C18H17F3N4O.